The molecule has 4 bridgehead atoms. The second kappa shape index (κ2) is 5.84. The number of fused-ring (bicyclic) bond motifs is 1. The van der Waals surface area contributed by atoms with Crippen LogP contribution in [0.5, 0.6) is 0 Å². The average Bonchev–Trinajstić information content (AvgIpc) is 3.00. The number of hydrogen-bond donors (Lipinski definition) is 0. The molecule has 2 saturated heterocycles. The van der Waals surface area contributed by atoms with E-state index in [9.17, 15) is 4.79 Å². The Bertz CT molecular complexity index is 805. The van der Waals surface area contributed by atoms with Gasteiger partial charge in [0.05, 0.1) is 16.9 Å². The van der Waals surface area contributed by atoms with Gasteiger partial charge in [-0.05, 0) is 62.0 Å². The Labute approximate surface area is 152 Å². The zero-order chi connectivity index (χ0) is 17.0. The first-order chi connectivity index (χ1) is 12.2. The Morgan fingerprint density at radius 2 is 1.76 bits per heavy atom. The lowest BCUT2D eigenvalue weighted by Crippen LogP contribution is -2.42. The van der Waals surface area contributed by atoms with Crippen LogP contribution in [0.3, 0.4) is 0 Å². The molecule has 4 aliphatic rings. The first kappa shape index (κ1) is 15.4. The number of amides is 1. The van der Waals surface area contributed by atoms with Crippen molar-refractivity contribution < 1.29 is 4.79 Å². The lowest BCUT2D eigenvalue weighted by molar-refractivity contribution is 0.0626. The third kappa shape index (κ3) is 2.65. The van der Waals surface area contributed by atoms with Crippen molar-refractivity contribution in [2.45, 2.75) is 38.1 Å². The van der Waals surface area contributed by atoms with Crippen molar-refractivity contribution >= 4 is 17.5 Å². The number of carbonyl (C=O) groups is 1. The molecule has 2 atom stereocenters. The largest absolute Gasteiger partial charge is 0.334 e. The van der Waals surface area contributed by atoms with Crippen LogP contribution >= 0.6 is 11.6 Å². The third-order valence-corrected chi connectivity index (χ3v) is 6.50. The maximum absolute atomic E-state index is 13.1. The van der Waals surface area contributed by atoms with Crippen molar-refractivity contribution in [3.63, 3.8) is 0 Å². The van der Waals surface area contributed by atoms with E-state index in [0.29, 0.717) is 22.7 Å². The van der Waals surface area contributed by atoms with Gasteiger partial charge in [-0.25, -0.2) is 4.68 Å². The molecule has 5 nitrogen and oxygen atoms in total. The van der Waals surface area contributed by atoms with E-state index in [1.54, 1.807) is 10.9 Å². The van der Waals surface area contributed by atoms with Gasteiger partial charge in [-0.2, -0.15) is 0 Å². The Hall–Kier alpha value is -1.88. The third-order valence-electron chi connectivity index (χ3n) is 6.18. The molecular weight excluding hydrogens is 336 g/mol. The minimum absolute atomic E-state index is 0.0245. The van der Waals surface area contributed by atoms with E-state index in [2.05, 4.69) is 15.2 Å². The topological polar surface area (TPSA) is 51.0 Å². The van der Waals surface area contributed by atoms with Gasteiger partial charge in [0.1, 0.15) is 0 Å². The lowest BCUT2D eigenvalue weighted by atomic mass is 9.68. The molecule has 2 aliphatic carbocycles. The Morgan fingerprint density at radius 3 is 2.52 bits per heavy atom. The number of benzene rings is 1. The summed E-state index contributed by atoms with van der Waals surface area (Å²) in [5.74, 6) is 2.33. The number of carbonyl (C=O) groups excluding carboxylic acids is 1. The normalized spacial score (nSPS) is 30.5. The number of rotatable bonds is 2. The first-order valence-corrected chi connectivity index (χ1v) is 9.53. The summed E-state index contributed by atoms with van der Waals surface area (Å²) in [6, 6.07) is 7.84. The number of nitrogens with zero attached hydrogens (tertiary/aromatic N) is 4. The van der Waals surface area contributed by atoms with E-state index in [4.69, 9.17) is 11.6 Å². The highest BCUT2D eigenvalue weighted by Crippen LogP contribution is 2.47. The molecule has 6 heteroatoms. The van der Waals surface area contributed by atoms with Crippen molar-refractivity contribution in [1.29, 1.82) is 0 Å². The molecule has 2 saturated carbocycles. The Balaban J connectivity index is 1.42. The number of halogens is 1. The van der Waals surface area contributed by atoms with Gasteiger partial charge >= 0.3 is 0 Å². The minimum Gasteiger partial charge on any atom is -0.334 e. The van der Waals surface area contributed by atoms with E-state index < -0.39 is 0 Å². The van der Waals surface area contributed by atoms with Crippen LogP contribution in [0.25, 0.3) is 5.69 Å². The summed E-state index contributed by atoms with van der Waals surface area (Å²) < 4.78 is 1.59. The van der Waals surface area contributed by atoms with Crippen LogP contribution in [0.15, 0.2) is 30.5 Å². The molecular formula is C19H21ClN4O. The summed E-state index contributed by atoms with van der Waals surface area (Å²) in [7, 11) is 0. The maximum atomic E-state index is 13.1. The molecule has 0 spiro atoms. The number of aromatic nitrogens is 3. The zero-order valence-corrected chi connectivity index (χ0v) is 14.8. The first-order valence-electron chi connectivity index (χ1n) is 9.15. The molecule has 0 N–H and O–H groups in total. The van der Waals surface area contributed by atoms with Gasteiger partial charge in [0.15, 0.2) is 5.69 Å². The van der Waals surface area contributed by atoms with E-state index in [0.717, 1.165) is 36.9 Å². The summed E-state index contributed by atoms with van der Waals surface area (Å²) in [5.41, 5.74) is 1.16. The summed E-state index contributed by atoms with van der Waals surface area (Å²) in [4.78, 5) is 15.2. The predicted octanol–water partition coefficient (Wildman–Crippen LogP) is 3.57. The molecule has 4 fully saturated rings. The van der Waals surface area contributed by atoms with Gasteiger partial charge in [-0.15, -0.1) is 5.10 Å². The molecule has 1 aromatic heterocycles. The maximum Gasteiger partial charge on any atom is 0.276 e. The molecule has 130 valence electrons. The fraction of sp³-hybridized carbons (Fsp3) is 0.526. The van der Waals surface area contributed by atoms with Gasteiger partial charge in [0.25, 0.3) is 5.91 Å². The van der Waals surface area contributed by atoms with E-state index in [-0.39, 0.29) is 5.91 Å². The second-order valence-corrected chi connectivity index (χ2v) is 8.29. The van der Waals surface area contributed by atoms with Crippen molar-refractivity contribution in [3.05, 3.63) is 41.2 Å². The van der Waals surface area contributed by atoms with Crippen LogP contribution in [0.1, 0.15) is 42.6 Å². The van der Waals surface area contributed by atoms with E-state index in [1.807, 2.05) is 24.3 Å². The smallest absolute Gasteiger partial charge is 0.276 e. The highest BCUT2D eigenvalue weighted by molar-refractivity contribution is 6.32. The second-order valence-electron chi connectivity index (χ2n) is 7.89. The van der Waals surface area contributed by atoms with Crippen molar-refractivity contribution in [2.75, 3.05) is 6.54 Å². The van der Waals surface area contributed by atoms with Crippen LogP contribution in [0, 0.1) is 17.8 Å². The summed E-state index contributed by atoms with van der Waals surface area (Å²) in [6.45, 7) is 0.884. The van der Waals surface area contributed by atoms with Gasteiger partial charge in [0.2, 0.25) is 0 Å². The van der Waals surface area contributed by atoms with Gasteiger partial charge in [-0.1, -0.05) is 28.9 Å². The van der Waals surface area contributed by atoms with Crippen molar-refractivity contribution in [2.24, 2.45) is 17.8 Å². The van der Waals surface area contributed by atoms with Crippen LogP contribution in [-0.4, -0.2) is 38.4 Å². The Morgan fingerprint density at radius 1 is 1.04 bits per heavy atom. The minimum atomic E-state index is 0.0245. The molecule has 25 heavy (non-hydrogen) atoms. The van der Waals surface area contributed by atoms with Crippen LogP contribution < -0.4 is 0 Å². The zero-order valence-electron chi connectivity index (χ0n) is 14.0. The SMILES string of the molecule is O=C(c1cn(-c2ccccc2Cl)nn1)N1CC2CC3CC(C2)CC1C3. The van der Waals surface area contributed by atoms with Gasteiger partial charge in [-0.3, -0.25) is 4.79 Å². The molecule has 2 unspecified atom stereocenters. The predicted molar refractivity (Wildman–Crippen MR) is 94.7 cm³/mol. The van der Waals surface area contributed by atoms with E-state index in [1.165, 1.54) is 19.3 Å². The van der Waals surface area contributed by atoms with Gasteiger partial charge in [0, 0.05) is 12.6 Å². The average molecular weight is 357 g/mol. The lowest BCUT2D eigenvalue weighted by Gasteiger charge is -2.38. The molecule has 2 aliphatic heterocycles. The summed E-state index contributed by atoms with van der Waals surface area (Å²) in [6.07, 6.45) is 8.00. The van der Waals surface area contributed by atoms with Crippen molar-refractivity contribution in [3.8, 4) is 5.69 Å². The number of para-hydroxylation sites is 1. The fourth-order valence-corrected chi connectivity index (χ4v) is 5.52. The highest BCUT2D eigenvalue weighted by Gasteiger charge is 2.44. The highest BCUT2D eigenvalue weighted by atomic mass is 35.5. The summed E-state index contributed by atoms with van der Waals surface area (Å²) >= 11 is 6.23. The number of hydrogen-bond acceptors (Lipinski definition) is 3. The monoisotopic (exact) mass is 356 g/mol. The standard InChI is InChI=1S/C19H21ClN4O/c20-16-3-1-2-4-18(16)24-11-17(21-22-24)19(25)23-10-14-6-12-5-13(7-14)9-15(23)8-12/h1-4,11-15H,5-10H2. The molecule has 1 aromatic carbocycles. The molecule has 0 radical (unpaired) electrons. The van der Waals surface area contributed by atoms with Crippen molar-refractivity contribution in [1.82, 2.24) is 19.9 Å². The molecule has 2 aromatic rings. The fourth-order valence-electron chi connectivity index (χ4n) is 5.30. The van der Waals surface area contributed by atoms with E-state index >= 15 is 0 Å². The van der Waals surface area contributed by atoms with Crippen LogP contribution in [0.4, 0.5) is 0 Å². The van der Waals surface area contributed by atoms with Gasteiger partial charge < -0.3 is 4.90 Å². The van der Waals surface area contributed by atoms with Crippen LogP contribution in [-0.2, 0) is 0 Å². The Kier molecular flexibility index (Phi) is 3.59. The summed E-state index contributed by atoms with van der Waals surface area (Å²) in [5, 5.41) is 8.87. The molecule has 1 amide bonds. The quantitative estimate of drug-likeness (QED) is 0.826. The van der Waals surface area contributed by atoms with Crippen LogP contribution in [0.2, 0.25) is 5.02 Å². The molecule has 6 rings (SSSR count). The molecule has 3 heterocycles.